The van der Waals surface area contributed by atoms with E-state index in [-0.39, 0.29) is 43.1 Å². The second-order valence-electron chi connectivity index (χ2n) is 11.5. The molecular weight excluding hydrogens is 632 g/mol. The third kappa shape index (κ3) is 9.75. The van der Waals surface area contributed by atoms with Crippen molar-refractivity contribution in [3.05, 3.63) is 125 Å². The van der Waals surface area contributed by atoms with Gasteiger partial charge in [0.05, 0.1) is 24.4 Å². The summed E-state index contributed by atoms with van der Waals surface area (Å²) in [5.74, 6) is -0.993. The van der Waals surface area contributed by atoms with E-state index >= 15 is 0 Å². The van der Waals surface area contributed by atoms with E-state index in [9.17, 15) is 24.6 Å². The highest BCUT2D eigenvalue weighted by Crippen LogP contribution is 2.40. The summed E-state index contributed by atoms with van der Waals surface area (Å²) in [6.45, 7) is 0.319. The molecular formula is C37H38N2O8S. The second-order valence-corrected chi connectivity index (χ2v) is 12.6. The molecule has 0 spiro atoms. The monoisotopic (exact) mass is 670 g/mol. The van der Waals surface area contributed by atoms with Gasteiger partial charge in [-0.3, -0.25) is 14.8 Å². The van der Waals surface area contributed by atoms with Crippen molar-refractivity contribution in [3.8, 4) is 11.1 Å². The zero-order valence-corrected chi connectivity index (χ0v) is 27.0. The molecule has 10 nitrogen and oxygen atoms in total. The van der Waals surface area contributed by atoms with Crippen LogP contribution < -0.4 is 10.8 Å². The first-order valence-electron chi connectivity index (χ1n) is 15.7. The summed E-state index contributed by atoms with van der Waals surface area (Å²) < 4.78 is 13.0. The van der Waals surface area contributed by atoms with Gasteiger partial charge < -0.3 is 25.0 Å². The van der Waals surface area contributed by atoms with Gasteiger partial charge in [0, 0.05) is 42.0 Å². The fourth-order valence-corrected chi connectivity index (χ4v) is 6.28. The average molecular weight is 671 g/mol. The molecule has 1 fully saturated rings. The topological polar surface area (TPSA) is 154 Å². The summed E-state index contributed by atoms with van der Waals surface area (Å²) in [4.78, 5) is 35.5. The molecule has 2 amide bonds. The lowest BCUT2D eigenvalue weighted by Gasteiger charge is -2.36. The van der Waals surface area contributed by atoms with Crippen LogP contribution in [0.25, 0.3) is 11.1 Å². The SMILES string of the molecule is O=C(CCCC(=O)NCc1cccc(-c2ccc([C@@H]3O[C@H](CSc4ccc(C(=O)O)cc4)C[C@H](c4ccc(CO)cc4)O3)cc2)c1)NO. The fraction of sp³-hybridized carbons (Fsp3) is 0.270. The maximum absolute atomic E-state index is 12.2. The third-order valence-corrected chi connectivity index (χ3v) is 9.16. The molecule has 5 N–H and O–H groups in total. The zero-order valence-electron chi connectivity index (χ0n) is 26.2. The van der Waals surface area contributed by atoms with Crippen LogP contribution in [0.15, 0.2) is 102 Å². The van der Waals surface area contributed by atoms with E-state index in [0.29, 0.717) is 25.1 Å². The minimum absolute atomic E-state index is 0.0330. The molecule has 0 radical (unpaired) electrons. The predicted octanol–water partition coefficient (Wildman–Crippen LogP) is 6.17. The van der Waals surface area contributed by atoms with Gasteiger partial charge in [0.1, 0.15) is 0 Å². The standard InChI is InChI=1S/C37H38N2O8S/c40-22-24-7-9-27(10-8-24)33-20-31(23-48-32-17-15-28(16-18-32)36(43)44)46-37(47-33)29-13-11-26(12-14-29)30-4-1-3-25(19-30)21-38-34(41)5-2-6-35(42)39-45/h1,3-4,7-19,31,33,37,40,45H,2,5-6,20-23H2,(H,38,41)(H,39,42)(H,43,44)/t31-,33+,37+/m0/s1. The molecule has 0 saturated carbocycles. The summed E-state index contributed by atoms with van der Waals surface area (Å²) in [5.41, 5.74) is 7.42. The maximum atomic E-state index is 12.2. The largest absolute Gasteiger partial charge is 0.478 e. The fourth-order valence-electron chi connectivity index (χ4n) is 5.35. The number of hydrogen-bond acceptors (Lipinski definition) is 8. The average Bonchev–Trinajstić information content (AvgIpc) is 3.13. The van der Waals surface area contributed by atoms with E-state index in [1.807, 2.05) is 72.8 Å². The van der Waals surface area contributed by atoms with Gasteiger partial charge in [0.2, 0.25) is 11.8 Å². The van der Waals surface area contributed by atoms with Crippen LogP contribution in [0.2, 0.25) is 0 Å². The van der Waals surface area contributed by atoms with E-state index in [2.05, 4.69) is 5.32 Å². The number of rotatable bonds is 14. The molecule has 1 aliphatic rings. The van der Waals surface area contributed by atoms with Gasteiger partial charge in [-0.05, 0) is 64.6 Å². The molecule has 0 aliphatic carbocycles. The summed E-state index contributed by atoms with van der Waals surface area (Å²) in [5, 5.41) is 30.2. The van der Waals surface area contributed by atoms with Gasteiger partial charge in [-0.1, -0.05) is 66.7 Å². The van der Waals surface area contributed by atoms with E-state index in [1.54, 1.807) is 41.5 Å². The molecule has 1 heterocycles. The molecule has 0 unspecified atom stereocenters. The number of amides is 2. The number of benzene rings is 4. The van der Waals surface area contributed by atoms with Crippen LogP contribution in [0.3, 0.4) is 0 Å². The molecule has 0 bridgehead atoms. The highest BCUT2D eigenvalue weighted by molar-refractivity contribution is 7.99. The van der Waals surface area contributed by atoms with Crippen LogP contribution in [0, 0.1) is 0 Å². The molecule has 4 aromatic rings. The number of carbonyl (C=O) groups is 3. The number of aliphatic hydroxyl groups excluding tert-OH is 1. The van der Waals surface area contributed by atoms with Gasteiger partial charge in [-0.25, -0.2) is 10.3 Å². The van der Waals surface area contributed by atoms with Crippen molar-refractivity contribution >= 4 is 29.5 Å². The van der Waals surface area contributed by atoms with E-state index < -0.39 is 18.2 Å². The summed E-state index contributed by atoms with van der Waals surface area (Å²) in [6, 6.07) is 30.4. The van der Waals surface area contributed by atoms with Gasteiger partial charge in [0.25, 0.3) is 0 Å². The lowest BCUT2D eigenvalue weighted by Crippen LogP contribution is -2.31. The number of hydrogen-bond donors (Lipinski definition) is 5. The third-order valence-electron chi connectivity index (χ3n) is 8.02. The minimum atomic E-state index is -0.958. The number of hydroxylamine groups is 1. The van der Waals surface area contributed by atoms with Crippen molar-refractivity contribution in [2.24, 2.45) is 0 Å². The molecule has 1 saturated heterocycles. The Morgan fingerprint density at radius 1 is 0.792 bits per heavy atom. The van der Waals surface area contributed by atoms with Crippen LogP contribution in [0.5, 0.6) is 0 Å². The Morgan fingerprint density at radius 3 is 2.19 bits per heavy atom. The zero-order chi connectivity index (χ0) is 33.9. The molecule has 11 heteroatoms. The maximum Gasteiger partial charge on any atom is 0.335 e. The number of thioether (sulfide) groups is 1. The molecule has 4 aromatic carbocycles. The van der Waals surface area contributed by atoms with Crippen molar-refractivity contribution in [3.63, 3.8) is 0 Å². The van der Waals surface area contributed by atoms with Crippen LogP contribution in [0.1, 0.15) is 70.7 Å². The molecule has 48 heavy (non-hydrogen) atoms. The summed E-state index contributed by atoms with van der Waals surface area (Å²) in [6.07, 6.45) is 0.263. The number of carboxylic acids is 1. The molecule has 3 atom stereocenters. The highest BCUT2D eigenvalue weighted by atomic mass is 32.2. The van der Waals surface area contributed by atoms with E-state index in [1.165, 1.54) is 0 Å². The van der Waals surface area contributed by atoms with Crippen molar-refractivity contribution in [1.82, 2.24) is 10.8 Å². The molecule has 1 aliphatic heterocycles. The van der Waals surface area contributed by atoms with Gasteiger partial charge in [-0.2, -0.15) is 0 Å². The van der Waals surface area contributed by atoms with Crippen molar-refractivity contribution < 1.29 is 39.3 Å². The first-order chi connectivity index (χ1) is 23.3. The number of carbonyl (C=O) groups excluding carboxylic acids is 2. The smallest absolute Gasteiger partial charge is 0.335 e. The van der Waals surface area contributed by atoms with Crippen LogP contribution in [-0.4, -0.2) is 45.1 Å². The number of aliphatic hydroxyl groups is 1. The van der Waals surface area contributed by atoms with Crippen molar-refractivity contribution in [1.29, 1.82) is 0 Å². The predicted molar refractivity (Wildman–Crippen MR) is 180 cm³/mol. The quantitative estimate of drug-likeness (QED) is 0.0602. The number of aromatic carboxylic acids is 1. The van der Waals surface area contributed by atoms with Crippen molar-refractivity contribution in [2.75, 3.05) is 5.75 Å². The Morgan fingerprint density at radius 2 is 1.50 bits per heavy atom. The Labute approximate surface area is 283 Å². The number of ether oxygens (including phenoxy) is 2. The normalized spacial score (nSPS) is 17.4. The van der Waals surface area contributed by atoms with Crippen molar-refractivity contribution in [2.45, 2.75) is 62.2 Å². The Hall–Kier alpha value is -4.52. The van der Waals surface area contributed by atoms with Crippen LogP contribution >= 0.6 is 11.8 Å². The van der Waals surface area contributed by atoms with E-state index in [0.717, 1.165) is 38.3 Å². The summed E-state index contributed by atoms with van der Waals surface area (Å²) in [7, 11) is 0. The number of carboxylic acid groups (broad SMARTS) is 1. The highest BCUT2D eigenvalue weighted by Gasteiger charge is 2.32. The second kappa shape index (κ2) is 17.0. The Kier molecular flexibility index (Phi) is 12.4. The summed E-state index contributed by atoms with van der Waals surface area (Å²) >= 11 is 1.60. The Balaban J connectivity index is 1.25. The number of nitrogens with one attached hydrogen (secondary N) is 2. The molecule has 5 rings (SSSR count). The lowest BCUT2D eigenvalue weighted by atomic mass is 9.99. The first kappa shape index (κ1) is 34.8. The molecule has 0 aromatic heterocycles. The van der Waals surface area contributed by atoms with Gasteiger partial charge in [-0.15, -0.1) is 11.8 Å². The lowest BCUT2D eigenvalue weighted by molar-refractivity contribution is -0.245. The minimum Gasteiger partial charge on any atom is -0.478 e. The van der Waals surface area contributed by atoms with Crippen LogP contribution in [0.4, 0.5) is 0 Å². The van der Waals surface area contributed by atoms with Crippen LogP contribution in [-0.2, 0) is 32.2 Å². The molecule has 250 valence electrons. The van der Waals surface area contributed by atoms with E-state index in [4.69, 9.17) is 14.7 Å². The Bertz CT molecular complexity index is 1680. The van der Waals surface area contributed by atoms with Gasteiger partial charge in [0.15, 0.2) is 6.29 Å². The van der Waals surface area contributed by atoms with Gasteiger partial charge >= 0.3 is 5.97 Å². The first-order valence-corrected chi connectivity index (χ1v) is 16.7.